The first-order chi connectivity index (χ1) is 29.7. The van der Waals surface area contributed by atoms with Crippen LogP contribution < -0.4 is 26.0 Å². The number of anilines is 6. The molecule has 2 fully saturated rings. The fourth-order valence-corrected chi connectivity index (χ4v) is 7.54. The number of aryl methyl sites for hydroxylation is 2. The van der Waals surface area contributed by atoms with E-state index in [-0.39, 0.29) is 23.5 Å². The molecule has 2 saturated heterocycles. The smallest absolute Gasteiger partial charge is 0.245 e. The van der Waals surface area contributed by atoms with Gasteiger partial charge in [-0.3, -0.25) is 9.97 Å². The van der Waals surface area contributed by atoms with Gasteiger partial charge in [-0.2, -0.15) is 20.2 Å². The summed E-state index contributed by atoms with van der Waals surface area (Å²) in [7, 11) is 0. The minimum atomic E-state index is -0.576. The number of halogens is 4. The number of aromatic nitrogens is 6. The van der Waals surface area contributed by atoms with Crippen molar-refractivity contribution in [1.29, 1.82) is 0 Å². The van der Waals surface area contributed by atoms with Crippen LogP contribution in [-0.2, 0) is 9.47 Å². The summed E-state index contributed by atoms with van der Waals surface area (Å²) in [5, 5.41) is 12.9. The maximum Gasteiger partial charge on any atom is 0.245 e. The fraction of sp³-hybridized carbons (Fsp3) is 0.238. The van der Waals surface area contributed by atoms with E-state index >= 15 is 4.39 Å². The predicted molar refractivity (Wildman–Crippen MR) is 233 cm³/mol. The van der Waals surface area contributed by atoms with Crippen molar-refractivity contribution in [3.63, 3.8) is 0 Å². The molecular weight excluding hydrogens is 827 g/mol. The van der Waals surface area contributed by atoms with E-state index in [1.54, 1.807) is 18.5 Å². The largest absolute Gasteiger partial charge is 0.378 e. The summed E-state index contributed by atoms with van der Waals surface area (Å²) in [6, 6.07) is 16.9. The SMILES string of the molecule is Cc1cccc(Cl)c1Nc1ccc(/C=N\Nc2ncc(F)c(N3CCOC(c4cc(C)c(-c5ccnc(/C=N\Nc6ncc(F)c(N7CCOCC7)n6)c5)c(Cl)c4)C3)n2)nc1. The summed E-state index contributed by atoms with van der Waals surface area (Å²) >= 11 is 13.3. The van der Waals surface area contributed by atoms with Gasteiger partial charge in [0.1, 0.15) is 6.10 Å². The van der Waals surface area contributed by atoms with Crippen molar-refractivity contribution in [2.24, 2.45) is 10.2 Å². The Labute approximate surface area is 359 Å². The molecule has 2 aromatic carbocycles. The Kier molecular flexibility index (Phi) is 12.8. The van der Waals surface area contributed by atoms with E-state index in [0.717, 1.165) is 51.6 Å². The van der Waals surface area contributed by atoms with Gasteiger partial charge in [0.25, 0.3) is 0 Å². The minimum absolute atomic E-state index is 0.116. The standard InChI is InChI=1S/C42H39Cl2F2N13O2/c1-25-4-3-5-32(43)38(25)53-30-7-6-29(48-19-30)20-51-56-42-50-23-35(46)40(55-42)59-12-15-61-36(24-59)28-16-26(2)37(33(44)18-28)27-8-9-47-31(17-27)21-52-57-41-49-22-34(45)39(54-41)58-10-13-60-14-11-58/h3-9,16-23,36,53H,10-15,24H2,1-2H3,(H,49,54,57)(H,50,55,56)/b51-20-,52-21-. The molecule has 2 aliphatic heterocycles. The van der Waals surface area contributed by atoms with Crippen LogP contribution in [0.1, 0.15) is 34.2 Å². The number of nitrogens with zero attached hydrogens (tertiary/aromatic N) is 10. The van der Waals surface area contributed by atoms with Crippen molar-refractivity contribution in [2.75, 3.05) is 72.0 Å². The number of hydrogen-bond acceptors (Lipinski definition) is 15. The molecule has 0 saturated carbocycles. The topological polar surface area (TPSA) is 163 Å². The van der Waals surface area contributed by atoms with Gasteiger partial charge in [-0.25, -0.2) is 29.6 Å². The predicted octanol–water partition coefficient (Wildman–Crippen LogP) is 7.98. The molecule has 0 radical (unpaired) electrons. The van der Waals surface area contributed by atoms with Crippen LogP contribution in [0.2, 0.25) is 10.0 Å². The number of morpholine rings is 2. The normalized spacial score (nSPS) is 15.7. The van der Waals surface area contributed by atoms with Gasteiger partial charge >= 0.3 is 0 Å². The van der Waals surface area contributed by atoms with Crippen molar-refractivity contribution < 1.29 is 18.3 Å². The first kappa shape index (κ1) is 41.3. The van der Waals surface area contributed by atoms with Crippen molar-refractivity contribution in [1.82, 2.24) is 29.9 Å². The maximum atomic E-state index is 15.2. The second-order valence-corrected chi connectivity index (χ2v) is 14.9. The van der Waals surface area contributed by atoms with Gasteiger partial charge in [0.05, 0.1) is 78.6 Å². The summed E-state index contributed by atoms with van der Waals surface area (Å²) in [6.07, 6.45) is 8.18. The lowest BCUT2D eigenvalue weighted by Crippen LogP contribution is -2.39. The summed E-state index contributed by atoms with van der Waals surface area (Å²) in [5.74, 6) is -0.520. The Morgan fingerprint density at radius 2 is 1.44 bits per heavy atom. The Morgan fingerprint density at radius 1 is 0.738 bits per heavy atom. The third-order valence-electron chi connectivity index (χ3n) is 9.88. The zero-order chi connectivity index (χ0) is 42.3. The summed E-state index contributed by atoms with van der Waals surface area (Å²) in [4.78, 5) is 29.3. The first-order valence-electron chi connectivity index (χ1n) is 19.3. The van der Waals surface area contributed by atoms with Gasteiger partial charge in [-0.05, 0) is 72.5 Å². The van der Waals surface area contributed by atoms with E-state index in [9.17, 15) is 4.39 Å². The highest BCUT2D eigenvalue weighted by molar-refractivity contribution is 6.34. The molecule has 8 rings (SSSR count). The lowest BCUT2D eigenvalue weighted by Gasteiger charge is -2.34. The van der Waals surface area contributed by atoms with Gasteiger partial charge in [-0.1, -0.05) is 41.4 Å². The quantitative estimate of drug-likeness (QED) is 0.0803. The van der Waals surface area contributed by atoms with Gasteiger partial charge in [-0.15, -0.1) is 0 Å². The molecule has 0 spiro atoms. The Morgan fingerprint density at radius 3 is 2.13 bits per heavy atom. The Balaban J connectivity index is 0.901. The first-order valence-corrected chi connectivity index (χ1v) is 20.0. The second kappa shape index (κ2) is 18.9. The molecule has 4 aromatic heterocycles. The summed E-state index contributed by atoms with van der Waals surface area (Å²) in [5.41, 5.74) is 12.6. The van der Waals surface area contributed by atoms with Crippen LogP contribution in [0, 0.1) is 25.5 Å². The van der Waals surface area contributed by atoms with Crippen LogP contribution in [0.5, 0.6) is 0 Å². The van der Waals surface area contributed by atoms with Gasteiger partial charge in [0.2, 0.25) is 11.9 Å². The summed E-state index contributed by atoms with van der Waals surface area (Å²) < 4.78 is 41.2. The zero-order valence-electron chi connectivity index (χ0n) is 33.0. The molecule has 6 aromatic rings. The Bertz CT molecular complexity index is 2540. The molecule has 0 bridgehead atoms. The third-order valence-corrected chi connectivity index (χ3v) is 10.5. The number of hydrazone groups is 2. The minimum Gasteiger partial charge on any atom is -0.378 e. The van der Waals surface area contributed by atoms with E-state index in [2.05, 4.69) is 56.3 Å². The van der Waals surface area contributed by atoms with Crippen molar-refractivity contribution in [3.8, 4) is 11.1 Å². The zero-order valence-corrected chi connectivity index (χ0v) is 34.5. The second-order valence-electron chi connectivity index (χ2n) is 14.1. The molecule has 15 nitrogen and oxygen atoms in total. The molecule has 1 atom stereocenters. The number of rotatable bonds is 12. The van der Waals surface area contributed by atoms with Crippen molar-refractivity contribution in [2.45, 2.75) is 20.0 Å². The molecule has 61 heavy (non-hydrogen) atoms. The number of hydrogen-bond donors (Lipinski definition) is 3. The van der Waals surface area contributed by atoms with E-state index in [4.69, 9.17) is 32.7 Å². The highest BCUT2D eigenvalue weighted by Crippen LogP contribution is 2.36. The average molecular weight is 867 g/mol. The van der Waals surface area contributed by atoms with Crippen LogP contribution in [-0.4, -0.2) is 88.3 Å². The van der Waals surface area contributed by atoms with Crippen LogP contribution in [0.4, 0.5) is 43.7 Å². The highest BCUT2D eigenvalue weighted by atomic mass is 35.5. The van der Waals surface area contributed by atoms with Gasteiger partial charge < -0.3 is 24.6 Å². The number of ether oxygens (including phenoxy) is 2. The molecule has 1 unspecified atom stereocenters. The van der Waals surface area contributed by atoms with Crippen molar-refractivity contribution in [3.05, 3.63) is 129 Å². The molecule has 0 amide bonds. The third kappa shape index (κ3) is 9.98. The number of nitrogens with one attached hydrogen (secondary N) is 3. The maximum absolute atomic E-state index is 15.2. The van der Waals surface area contributed by atoms with Gasteiger partial charge in [0.15, 0.2) is 23.3 Å². The van der Waals surface area contributed by atoms with Crippen molar-refractivity contribution >= 4 is 70.5 Å². The molecule has 6 heterocycles. The lowest BCUT2D eigenvalue weighted by atomic mass is 9.96. The Hall–Kier alpha value is -6.40. The van der Waals surface area contributed by atoms with Crippen LogP contribution in [0.3, 0.4) is 0 Å². The molecule has 2 aliphatic rings. The van der Waals surface area contributed by atoms with E-state index in [1.807, 2.05) is 72.2 Å². The van der Waals surface area contributed by atoms with E-state index in [1.165, 1.54) is 12.4 Å². The van der Waals surface area contributed by atoms with E-state index in [0.29, 0.717) is 67.4 Å². The monoisotopic (exact) mass is 865 g/mol. The number of pyridine rings is 2. The molecule has 3 N–H and O–H groups in total. The average Bonchev–Trinajstić information content (AvgIpc) is 3.27. The van der Waals surface area contributed by atoms with Crippen LogP contribution in [0.25, 0.3) is 11.1 Å². The highest BCUT2D eigenvalue weighted by Gasteiger charge is 2.27. The number of benzene rings is 2. The fourth-order valence-electron chi connectivity index (χ4n) is 6.89. The van der Waals surface area contributed by atoms with E-state index < -0.39 is 17.7 Å². The molecular formula is C42H39Cl2F2N13O2. The van der Waals surface area contributed by atoms with Crippen LogP contribution >= 0.6 is 23.2 Å². The lowest BCUT2D eigenvalue weighted by molar-refractivity contribution is 0.0392. The molecule has 0 aliphatic carbocycles. The molecule has 312 valence electrons. The summed E-state index contributed by atoms with van der Waals surface area (Å²) in [6.45, 7) is 7.05. The molecule has 19 heteroatoms. The van der Waals surface area contributed by atoms with Gasteiger partial charge in [0, 0.05) is 43.0 Å². The number of para-hydroxylation sites is 1. The van der Waals surface area contributed by atoms with Crippen LogP contribution in [0.15, 0.2) is 89.6 Å².